The van der Waals surface area contributed by atoms with Crippen LogP contribution in [0, 0.1) is 24.7 Å². The molecule has 4 heterocycles. The quantitative estimate of drug-likeness (QED) is 0.635. The van der Waals surface area contributed by atoms with Crippen LogP contribution in [0.5, 0.6) is 0 Å². The van der Waals surface area contributed by atoms with Crippen molar-refractivity contribution in [2.45, 2.75) is 39.7 Å². The van der Waals surface area contributed by atoms with Gasteiger partial charge < -0.3 is 9.80 Å². The summed E-state index contributed by atoms with van der Waals surface area (Å²) in [6.07, 6.45) is 6.05. The fourth-order valence-electron chi connectivity index (χ4n) is 2.94. The molecule has 2 aliphatic heterocycles. The molecule has 4 rings (SSSR count). The van der Waals surface area contributed by atoms with Crippen LogP contribution in [0.2, 0.25) is 0 Å². The van der Waals surface area contributed by atoms with Crippen LogP contribution in [0.1, 0.15) is 31.9 Å². The maximum atomic E-state index is 7.20. The summed E-state index contributed by atoms with van der Waals surface area (Å²) in [5.41, 5.74) is 1.25. The molecule has 0 radical (unpaired) electrons. The van der Waals surface area contributed by atoms with Crippen LogP contribution < -0.4 is 4.90 Å². The molecule has 128 valence electrons. The average Bonchev–Trinajstić information content (AvgIpc) is 3.14. The van der Waals surface area contributed by atoms with Gasteiger partial charge >= 0.3 is 0 Å². The number of nitrogens with zero attached hydrogens (tertiary/aromatic N) is 4. The SMILES string of the molecule is Cc1nc2c(s1)CCCN2C=N.Cc1nc2c(s1)CN(C=N)CC2. The lowest BCUT2D eigenvalue weighted by Gasteiger charge is -2.22. The molecule has 6 nitrogen and oxygen atoms in total. The first-order valence-corrected chi connectivity index (χ1v) is 9.67. The molecule has 0 aliphatic carbocycles. The highest BCUT2D eigenvalue weighted by Crippen LogP contribution is 2.30. The molecule has 0 fully saturated rings. The minimum absolute atomic E-state index is 0.879. The lowest BCUT2D eigenvalue weighted by atomic mass is 10.2. The molecule has 2 aromatic heterocycles. The minimum Gasteiger partial charge on any atom is -0.358 e. The molecular weight excluding hydrogens is 340 g/mol. The molecule has 0 unspecified atom stereocenters. The van der Waals surface area contributed by atoms with E-state index in [2.05, 4.69) is 9.97 Å². The maximum Gasteiger partial charge on any atom is 0.148 e. The van der Waals surface area contributed by atoms with E-state index in [1.54, 1.807) is 22.7 Å². The summed E-state index contributed by atoms with van der Waals surface area (Å²) < 4.78 is 0. The molecular formula is C16H22N6S2. The Morgan fingerprint density at radius 2 is 1.71 bits per heavy atom. The molecule has 2 N–H and O–H groups in total. The molecule has 8 heteroatoms. The van der Waals surface area contributed by atoms with E-state index in [0.717, 1.165) is 54.7 Å². The third-order valence-electron chi connectivity index (χ3n) is 4.06. The van der Waals surface area contributed by atoms with Crippen molar-refractivity contribution in [3.05, 3.63) is 25.5 Å². The Morgan fingerprint density at radius 1 is 0.958 bits per heavy atom. The molecule has 0 amide bonds. The normalized spacial score (nSPS) is 15.9. The Balaban J connectivity index is 0.000000141. The fourth-order valence-corrected chi connectivity index (χ4v) is 4.94. The van der Waals surface area contributed by atoms with E-state index in [4.69, 9.17) is 10.8 Å². The number of thiazole rings is 2. The molecule has 0 aromatic carbocycles. The van der Waals surface area contributed by atoms with Gasteiger partial charge in [0.2, 0.25) is 0 Å². The Morgan fingerprint density at radius 3 is 2.46 bits per heavy atom. The monoisotopic (exact) mass is 362 g/mol. The third kappa shape index (κ3) is 3.64. The van der Waals surface area contributed by atoms with Crippen LogP contribution in [0.4, 0.5) is 5.82 Å². The van der Waals surface area contributed by atoms with Gasteiger partial charge in [0.25, 0.3) is 0 Å². The molecule has 0 spiro atoms. The molecule has 0 atom stereocenters. The van der Waals surface area contributed by atoms with Gasteiger partial charge in [0.05, 0.1) is 34.9 Å². The number of nitrogens with one attached hydrogen (secondary N) is 2. The molecule has 0 saturated heterocycles. The van der Waals surface area contributed by atoms with E-state index >= 15 is 0 Å². The number of fused-ring (bicyclic) bond motifs is 2. The summed E-state index contributed by atoms with van der Waals surface area (Å²) in [6.45, 7) is 6.83. The molecule has 24 heavy (non-hydrogen) atoms. The zero-order valence-electron chi connectivity index (χ0n) is 14.0. The van der Waals surface area contributed by atoms with E-state index in [0.29, 0.717) is 0 Å². The standard InChI is InChI=1S/2C8H11N3S/c1-6-10-7-2-3-11(5-9)4-8(7)12-6;1-6-10-8-7(12-6)3-2-4-11(8)5-9/h2*5,9H,2-4H2,1H3. The molecule has 0 bridgehead atoms. The van der Waals surface area contributed by atoms with Gasteiger partial charge in [-0.1, -0.05) is 0 Å². The topological polar surface area (TPSA) is 80.0 Å². The van der Waals surface area contributed by atoms with E-state index < -0.39 is 0 Å². The van der Waals surface area contributed by atoms with E-state index in [1.165, 1.54) is 28.1 Å². The summed E-state index contributed by atoms with van der Waals surface area (Å²) in [5.74, 6) is 1.01. The predicted octanol–water partition coefficient (Wildman–Crippen LogP) is 3.23. The predicted molar refractivity (Wildman–Crippen MR) is 101 cm³/mol. The van der Waals surface area contributed by atoms with Gasteiger partial charge in [-0.05, 0) is 26.7 Å². The van der Waals surface area contributed by atoms with Crippen LogP contribution in [-0.2, 0) is 19.4 Å². The number of anilines is 1. The Bertz CT molecular complexity index is 735. The van der Waals surface area contributed by atoms with Crippen molar-refractivity contribution in [3.63, 3.8) is 0 Å². The second kappa shape index (κ2) is 7.40. The van der Waals surface area contributed by atoms with Crippen molar-refractivity contribution in [1.29, 1.82) is 10.8 Å². The largest absolute Gasteiger partial charge is 0.358 e. The zero-order valence-corrected chi connectivity index (χ0v) is 15.6. The van der Waals surface area contributed by atoms with Crippen molar-refractivity contribution >= 4 is 41.2 Å². The van der Waals surface area contributed by atoms with Crippen molar-refractivity contribution in [3.8, 4) is 0 Å². The summed E-state index contributed by atoms with van der Waals surface area (Å²) >= 11 is 3.51. The van der Waals surface area contributed by atoms with Crippen molar-refractivity contribution in [1.82, 2.24) is 14.9 Å². The highest BCUT2D eigenvalue weighted by Gasteiger charge is 2.19. The Labute approximate surface area is 150 Å². The molecule has 2 aromatic rings. The summed E-state index contributed by atoms with van der Waals surface area (Å²) in [5, 5.41) is 16.6. The first-order valence-electron chi connectivity index (χ1n) is 8.04. The number of rotatable bonds is 2. The van der Waals surface area contributed by atoms with Gasteiger partial charge in [0, 0.05) is 29.3 Å². The van der Waals surface area contributed by atoms with Crippen molar-refractivity contribution in [2.24, 2.45) is 0 Å². The minimum atomic E-state index is 0.879. The summed E-state index contributed by atoms with van der Waals surface area (Å²) in [6, 6.07) is 0. The van der Waals surface area contributed by atoms with Crippen LogP contribution >= 0.6 is 22.7 Å². The van der Waals surface area contributed by atoms with Gasteiger partial charge in [-0.15, -0.1) is 22.7 Å². The lowest BCUT2D eigenvalue weighted by Crippen LogP contribution is -2.28. The van der Waals surface area contributed by atoms with Crippen LogP contribution in [0.25, 0.3) is 0 Å². The van der Waals surface area contributed by atoms with Gasteiger partial charge in [-0.25, -0.2) is 9.97 Å². The molecule has 2 aliphatic rings. The zero-order chi connectivity index (χ0) is 17.1. The highest BCUT2D eigenvalue weighted by atomic mass is 32.1. The average molecular weight is 363 g/mol. The fraction of sp³-hybridized carbons (Fsp3) is 0.500. The first-order chi connectivity index (χ1) is 11.6. The van der Waals surface area contributed by atoms with Crippen molar-refractivity contribution in [2.75, 3.05) is 18.0 Å². The third-order valence-corrected chi connectivity index (χ3v) is 6.08. The van der Waals surface area contributed by atoms with Gasteiger partial charge in [0.1, 0.15) is 5.82 Å². The number of aromatic nitrogens is 2. The second-order valence-corrected chi connectivity index (χ2v) is 8.43. The van der Waals surface area contributed by atoms with Gasteiger partial charge in [0.15, 0.2) is 0 Å². The smallest absolute Gasteiger partial charge is 0.148 e. The molecule has 0 saturated carbocycles. The van der Waals surface area contributed by atoms with Crippen LogP contribution in [0.3, 0.4) is 0 Å². The number of hydrogen-bond donors (Lipinski definition) is 2. The lowest BCUT2D eigenvalue weighted by molar-refractivity contribution is 0.405. The number of hydrogen-bond acceptors (Lipinski definition) is 6. The van der Waals surface area contributed by atoms with Crippen molar-refractivity contribution < 1.29 is 0 Å². The highest BCUT2D eigenvalue weighted by molar-refractivity contribution is 7.12. The van der Waals surface area contributed by atoms with Gasteiger partial charge in [-0.2, -0.15) is 0 Å². The Kier molecular flexibility index (Phi) is 5.25. The van der Waals surface area contributed by atoms with E-state index in [9.17, 15) is 0 Å². The van der Waals surface area contributed by atoms with E-state index in [-0.39, 0.29) is 0 Å². The van der Waals surface area contributed by atoms with Crippen LogP contribution in [0.15, 0.2) is 0 Å². The number of aryl methyl sites for hydroxylation is 3. The Hall–Kier alpha value is -1.80. The second-order valence-electron chi connectivity index (χ2n) is 5.86. The summed E-state index contributed by atoms with van der Waals surface area (Å²) in [4.78, 5) is 15.4. The van der Waals surface area contributed by atoms with Crippen LogP contribution in [-0.4, -0.2) is 40.6 Å². The maximum absolute atomic E-state index is 7.20. The first kappa shape index (κ1) is 17.0. The summed E-state index contributed by atoms with van der Waals surface area (Å²) in [7, 11) is 0. The van der Waals surface area contributed by atoms with Gasteiger partial charge in [-0.3, -0.25) is 10.8 Å². The van der Waals surface area contributed by atoms with E-state index in [1.807, 2.05) is 23.6 Å².